The van der Waals surface area contributed by atoms with Crippen LogP contribution in [0, 0.1) is 0 Å². The van der Waals surface area contributed by atoms with Crippen LogP contribution >= 0.6 is 23.2 Å². The number of pyridine rings is 1. The van der Waals surface area contributed by atoms with E-state index in [1.165, 1.54) is 0 Å². The van der Waals surface area contributed by atoms with Crippen LogP contribution in [0.2, 0.25) is 10.0 Å². The number of carbonyl (C=O) groups is 1. The molecule has 34 heavy (non-hydrogen) atoms. The number of ether oxygens (including phenoxy) is 2. The lowest BCUT2D eigenvalue weighted by Crippen LogP contribution is -2.12. The van der Waals surface area contributed by atoms with Crippen LogP contribution in [-0.2, 0) is 6.42 Å². The summed E-state index contributed by atoms with van der Waals surface area (Å²) in [5.74, 6) is 0.777. The summed E-state index contributed by atoms with van der Waals surface area (Å²) in [7, 11) is 1.56. The second-order valence-electron chi connectivity index (χ2n) is 7.47. The SMILES string of the molecule is COc1ccc(C(=O)Nc2ccc(-c3ccncc3)cc2)cc1OCCc1ccc(Cl)cc1Cl. The van der Waals surface area contributed by atoms with E-state index in [1.807, 2.05) is 42.5 Å². The third kappa shape index (κ3) is 5.87. The Kier molecular flexibility index (Phi) is 7.68. The number of aromatic nitrogens is 1. The number of methoxy groups -OCH3 is 1. The summed E-state index contributed by atoms with van der Waals surface area (Å²) < 4.78 is 11.3. The van der Waals surface area contributed by atoms with Gasteiger partial charge in [-0.1, -0.05) is 41.4 Å². The predicted octanol–water partition coefficient (Wildman–Crippen LogP) is 6.94. The molecule has 0 aliphatic carbocycles. The van der Waals surface area contributed by atoms with Gasteiger partial charge in [-0.2, -0.15) is 0 Å². The molecule has 0 atom stereocenters. The lowest BCUT2D eigenvalue weighted by molar-refractivity contribution is 0.102. The first-order valence-corrected chi connectivity index (χ1v) is 11.4. The number of anilines is 1. The molecule has 0 unspecified atom stereocenters. The molecular formula is C27H22Cl2N2O3. The van der Waals surface area contributed by atoms with Crippen molar-refractivity contribution in [1.29, 1.82) is 0 Å². The van der Waals surface area contributed by atoms with E-state index >= 15 is 0 Å². The second-order valence-corrected chi connectivity index (χ2v) is 8.31. The van der Waals surface area contributed by atoms with Crippen LogP contribution in [0.5, 0.6) is 11.5 Å². The van der Waals surface area contributed by atoms with E-state index in [9.17, 15) is 4.79 Å². The van der Waals surface area contributed by atoms with Crippen molar-refractivity contribution in [2.24, 2.45) is 0 Å². The van der Waals surface area contributed by atoms with Crippen LogP contribution in [-0.4, -0.2) is 24.6 Å². The topological polar surface area (TPSA) is 60.5 Å². The van der Waals surface area contributed by atoms with Gasteiger partial charge in [-0.25, -0.2) is 0 Å². The van der Waals surface area contributed by atoms with Gasteiger partial charge in [0.05, 0.1) is 13.7 Å². The molecule has 0 spiro atoms. The highest BCUT2D eigenvalue weighted by Gasteiger charge is 2.12. The Labute approximate surface area is 208 Å². The summed E-state index contributed by atoms with van der Waals surface area (Å²) in [5, 5.41) is 4.09. The van der Waals surface area contributed by atoms with Crippen LogP contribution in [0.25, 0.3) is 11.1 Å². The van der Waals surface area contributed by atoms with Gasteiger partial charge in [0, 0.05) is 40.1 Å². The van der Waals surface area contributed by atoms with E-state index in [1.54, 1.807) is 49.8 Å². The van der Waals surface area contributed by atoms with E-state index < -0.39 is 0 Å². The van der Waals surface area contributed by atoms with Gasteiger partial charge in [0.1, 0.15) is 0 Å². The summed E-state index contributed by atoms with van der Waals surface area (Å²) in [4.78, 5) is 16.9. The summed E-state index contributed by atoms with van der Waals surface area (Å²) in [5.41, 5.74) is 4.18. The summed E-state index contributed by atoms with van der Waals surface area (Å²) in [6.45, 7) is 0.360. The van der Waals surface area contributed by atoms with Gasteiger partial charge in [0.25, 0.3) is 5.91 Å². The maximum Gasteiger partial charge on any atom is 0.255 e. The molecule has 0 aliphatic rings. The molecule has 7 heteroatoms. The van der Waals surface area contributed by atoms with Gasteiger partial charge in [-0.05, 0) is 71.3 Å². The molecular weight excluding hydrogens is 471 g/mol. The number of hydrogen-bond donors (Lipinski definition) is 1. The van der Waals surface area contributed by atoms with Crippen molar-refractivity contribution in [1.82, 2.24) is 4.98 Å². The normalized spacial score (nSPS) is 10.6. The molecule has 5 nitrogen and oxygen atoms in total. The number of halogens is 2. The summed E-state index contributed by atoms with van der Waals surface area (Å²) in [6, 6.07) is 22.0. The highest BCUT2D eigenvalue weighted by molar-refractivity contribution is 6.35. The fraction of sp³-hybridized carbons (Fsp3) is 0.111. The maximum absolute atomic E-state index is 12.8. The summed E-state index contributed by atoms with van der Waals surface area (Å²) in [6.07, 6.45) is 4.08. The monoisotopic (exact) mass is 492 g/mol. The Morgan fingerprint density at radius 2 is 1.62 bits per heavy atom. The van der Waals surface area contributed by atoms with Crippen molar-refractivity contribution in [3.05, 3.63) is 106 Å². The highest BCUT2D eigenvalue weighted by Crippen LogP contribution is 2.29. The number of rotatable bonds is 8. The molecule has 172 valence electrons. The van der Waals surface area contributed by atoms with E-state index in [-0.39, 0.29) is 5.91 Å². The van der Waals surface area contributed by atoms with Crippen molar-refractivity contribution in [2.45, 2.75) is 6.42 Å². The smallest absolute Gasteiger partial charge is 0.255 e. The van der Waals surface area contributed by atoms with Gasteiger partial charge in [-0.3, -0.25) is 9.78 Å². The number of nitrogens with one attached hydrogen (secondary N) is 1. The zero-order valence-corrected chi connectivity index (χ0v) is 19.9. The highest BCUT2D eigenvalue weighted by atomic mass is 35.5. The molecule has 4 aromatic rings. The minimum Gasteiger partial charge on any atom is -0.493 e. The summed E-state index contributed by atoms with van der Waals surface area (Å²) >= 11 is 12.2. The zero-order chi connectivity index (χ0) is 23.9. The molecule has 1 N–H and O–H groups in total. The predicted molar refractivity (Wildman–Crippen MR) is 136 cm³/mol. The Balaban J connectivity index is 1.42. The minimum absolute atomic E-state index is 0.245. The average Bonchev–Trinajstić information content (AvgIpc) is 2.86. The molecule has 0 aliphatic heterocycles. The van der Waals surface area contributed by atoms with Crippen LogP contribution in [0.4, 0.5) is 5.69 Å². The van der Waals surface area contributed by atoms with Crippen molar-refractivity contribution in [3.63, 3.8) is 0 Å². The minimum atomic E-state index is -0.245. The van der Waals surface area contributed by atoms with E-state index in [0.717, 1.165) is 16.7 Å². The van der Waals surface area contributed by atoms with Crippen molar-refractivity contribution >= 4 is 34.8 Å². The van der Waals surface area contributed by atoms with Crippen LogP contribution < -0.4 is 14.8 Å². The Morgan fingerprint density at radius 1 is 0.882 bits per heavy atom. The maximum atomic E-state index is 12.8. The van der Waals surface area contributed by atoms with Crippen molar-refractivity contribution in [2.75, 3.05) is 19.0 Å². The number of hydrogen-bond acceptors (Lipinski definition) is 4. The van der Waals surface area contributed by atoms with Gasteiger partial charge in [-0.15, -0.1) is 0 Å². The number of benzene rings is 3. The molecule has 3 aromatic carbocycles. The third-order valence-electron chi connectivity index (χ3n) is 5.23. The van der Waals surface area contributed by atoms with Crippen molar-refractivity contribution in [3.8, 4) is 22.6 Å². The van der Waals surface area contributed by atoms with Gasteiger partial charge < -0.3 is 14.8 Å². The van der Waals surface area contributed by atoms with Gasteiger partial charge in [0.2, 0.25) is 0 Å². The lowest BCUT2D eigenvalue weighted by atomic mass is 10.1. The first kappa shape index (κ1) is 23.6. The molecule has 0 saturated carbocycles. The molecule has 0 bridgehead atoms. The first-order valence-electron chi connectivity index (χ1n) is 10.6. The Morgan fingerprint density at radius 3 is 2.32 bits per heavy atom. The van der Waals surface area contributed by atoms with E-state index in [4.69, 9.17) is 32.7 Å². The standard InChI is InChI=1S/C27H22Cl2N2O3/c1-33-25-9-5-21(16-26(25)34-15-12-20-2-6-22(28)17-24(20)29)27(32)31-23-7-3-18(4-8-23)19-10-13-30-14-11-19/h2-11,13-14,16-17H,12,15H2,1H3,(H,31,32). The molecule has 0 radical (unpaired) electrons. The molecule has 4 rings (SSSR count). The second kappa shape index (κ2) is 11.1. The van der Waals surface area contributed by atoms with E-state index in [2.05, 4.69) is 10.3 Å². The van der Waals surface area contributed by atoms with Crippen molar-refractivity contribution < 1.29 is 14.3 Å². The largest absolute Gasteiger partial charge is 0.493 e. The van der Waals surface area contributed by atoms with Crippen LogP contribution in [0.1, 0.15) is 15.9 Å². The zero-order valence-electron chi connectivity index (χ0n) is 18.4. The molecule has 1 aromatic heterocycles. The third-order valence-corrected chi connectivity index (χ3v) is 5.81. The van der Waals surface area contributed by atoms with Gasteiger partial charge in [0.15, 0.2) is 11.5 Å². The van der Waals surface area contributed by atoms with E-state index in [0.29, 0.717) is 45.8 Å². The Hall–Kier alpha value is -3.54. The average molecular weight is 493 g/mol. The van der Waals surface area contributed by atoms with Gasteiger partial charge >= 0.3 is 0 Å². The molecule has 0 fully saturated rings. The molecule has 0 saturated heterocycles. The number of nitrogens with zero attached hydrogens (tertiary/aromatic N) is 1. The molecule has 1 heterocycles. The lowest BCUT2D eigenvalue weighted by Gasteiger charge is -2.13. The quantitative estimate of drug-likeness (QED) is 0.289. The fourth-order valence-corrected chi connectivity index (χ4v) is 3.92. The number of amides is 1. The Bertz CT molecular complexity index is 1280. The number of carbonyl (C=O) groups excluding carboxylic acids is 1. The van der Waals surface area contributed by atoms with Crippen LogP contribution in [0.3, 0.4) is 0 Å². The molecule has 1 amide bonds. The fourth-order valence-electron chi connectivity index (χ4n) is 3.42. The first-order chi connectivity index (χ1) is 16.5. The van der Waals surface area contributed by atoms with Crippen LogP contribution in [0.15, 0.2) is 85.2 Å².